The summed E-state index contributed by atoms with van der Waals surface area (Å²) >= 11 is 1.63. The van der Waals surface area contributed by atoms with E-state index in [0.717, 1.165) is 10.6 Å². The Morgan fingerprint density at radius 1 is 1.33 bits per heavy atom. The number of nitrogens with zero attached hydrogens (tertiary/aromatic N) is 1. The van der Waals surface area contributed by atoms with Crippen LogP contribution in [0.4, 0.5) is 5.69 Å². The normalized spacial score (nSPS) is 22.2. The molecule has 0 spiro atoms. The molecule has 112 valence electrons. The first-order valence-electron chi connectivity index (χ1n) is 7.12. The van der Waals surface area contributed by atoms with E-state index < -0.39 is 0 Å². The molecule has 0 aromatic heterocycles. The molecule has 0 bridgehead atoms. The fourth-order valence-electron chi connectivity index (χ4n) is 2.50. The number of para-hydroxylation sites is 1. The van der Waals surface area contributed by atoms with Gasteiger partial charge < -0.3 is 15.0 Å². The number of hydrogen-bond acceptors (Lipinski definition) is 4. The van der Waals surface area contributed by atoms with Crippen molar-refractivity contribution in [1.82, 2.24) is 4.90 Å². The van der Waals surface area contributed by atoms with Gasteiger partial charge in [0, 0.05) is 30.2 Å². The van der Waals surface area contributed by atoms with E-state index in [4.69, 9.17) is 4.74 Å². The van der Waals surface area contributed by atoms with Crippen LogP contribution in [0.2, 0.25) is 0 Å². The highest BCUT2D eigenvalue weighted by Crippen LogP contribution is 2.33. The summed E-state index contributed by atoms with van der Waals surface area (Å²) in [5.41, 5.74) is 0.842. The van der Waals surface area contributed by atoms with E-state index in [-0.39, 0.29) is 24.2 Å². The van der Waals surface area contributed by atoms with Crippen LogP contribution in [0.25, 0.3) is 0 Å². The number of carbonyl (C=O) groups is 2. The third-order valence-corrected chi connectivity index (χ3v) is 4.98. The standard InChI is InChI=1S/C15H18N2O3S/c18-14(17-5-7-20-8-6-17)9-11-10-21-13-4-2-1-3-12(13)16-15(11)19/h1-4,11H,5-10H2,(H,16,19). The van der Waals surface area contributed by atoms with Crippen LogP contribution >= 0.6 is 11.8 Å². The molecule has 1 atom stereocenters. The fraction of sp³-hybridized carbons (Fsp3) is 0.467. The van der Waals surface area contributed by atoms with Gasteiger partial charge in [0.2, 0.25) is 11.8 Å². The van der Waals surface area contributed by atoms with Crippen LogP contribution in [0.5, 0.6) is 0 Å². The number of thioether (sulfide) groups is 1. The number of hydrogen-bond donors (Lipinski definition) is 1. The van der Waals surface area contributed by atoms with Gasteiger partial charge >= 0.3 is 0 Å². The topological polar surface area (TPSA) is 58.6 Å². The first-order valence-corrected chi connectivity index (χ1v) is 8.11. The number of benzene rings is 1. The summed E-state index contributed by atoms with van der Waals surface area (Å²) in [4.78, 5) is 27.4. The third kappa shape index (κ3) is 3.39. The van der Waals surface area contributed by atoms with Gasteiger partial charge in [0.15, 0.2) is 0 Å². The zero-order valence-corrected chi connectivity index (χ0v) is 12.5. The van der Waals surface area contributed by atoms with Crippen LogP contribution in [0.15, 0.2) is 29.2 Å². The summed E-state index contributed by atoms with van der Waals surface area (Å²) in [5, 5.41) is 2.93. The first kappa shape index (κ1) is 14.4. The lowest BCUT2D eigenvalue weighted by atomic mass is 10.1. The van der Waals surface area contributed by atoms with Crippen LogP contribution in [-0.4, -0.2) is 48.8 Å². The zero-order chi connectivity index (χ0) is 14.7. The summed E-state index contributed by atoms with van der Waals surface area (Å²) in [5.74, 6) is 0.343. The number of anilines is 1. The van der Waals surface area contributed by atoms with Crippen LogP contribution in [0, 0.1) is 5.92 Å². The lowest BCUT2D eigenvalue weighted by Crippen LogP contribution is -2.42. The van der Waals surface area contributed by atoms with Crippen molar-refractivity contribution in [3.63, 3.8) is 0 Å². The van der Waals surface area contributed by atoms with E-state index >= 15 is 0 Å². The van der Waals surface area contributed by atoms with Gasteiger partial charge in [-0.05, 0) is 12.1 Å². The Hall–Kier alpha value is -1.53. The molecule has 3 rings (SSSR count). The molecule has 5 nitrogen and oxygen atoms in total. The van der Waals surface area contributed by atoms with E-state index in [2.05, 4.69) is 5.32 Å². The average molecular weight is 306 g/mol. The smallest absolute Gasteiger partial charge is 0.228 e. The number of nitrogens with one attached hydrogen (secondary N) is 1. The highest BCUT2D eigenvalue weighted by molar-refractivity contribution is 7.99. The monoisotopic (exact) mass is 306 g/mol. The van der Waals surface area contributed by atoms with E-state index in [9.17, 15) is 9.59 Å². The van der Waals surface area contributed by atoms with Crippen molar-refractivity contribution in [3.8, 4) is 0 Å². The molecule has 6 heteroatoms. The molecule has 0 radical (unpaired) electrons. The molecule has 1 aromatic rings. The number of rotatable bonds is 2. The first-order chi connectivity index (χ1) is 10.2. The highest BCUT2D eigenvalue weighted by atomic mass is 32.2. The highest BCUT2D eigenvalue weighted by Gasteiger charge is 2.28. The molecule has 1 unspecified atom stereocenters. The van der Waals surface area contributed by atoms with Gasteiger partial charge in [0.05, 0.1) is 24.8 Å². The predicted molar refractivity (Wildman–Crippen MR) is 81.3 cm³/mol. The summed E-state index contributed by atoms with van der Waals surface area (Å²) < 4.78 is 5.25. The van der Waals surface area contributed by atoms with Crippen molar-refractivity contribution in [2.45, 2.75) is 11.3 Å². The molecule has 2 aliphatic heterocycles. The van der Waals surface area contributed by atoms with Crippen molar-refractivity contribution in [2.24, 2.45) is 5.92 Å². The van der Waals surface area contributed by atoms with E-state index in [1.807, 2.05) is 24.3 Å². The van der Waals surface area contributed by atoms with Crippen molar-refractivity contribution < 1.29 is 14.3 Å². The Balaban J connectivity index is 1.64. The fourth-order valence-corrected chi connectivity index (χ4v) is 3.60. The SMILES string of the molecule is O=C1Nc2ccccc2SCC1CC(=O)N1CCOCC1. The second-order valence-corrected chi connectivity index (χ2v) is 6.25. The summed E-state index contributed by atoms with van der Waals surface area (Å²) in [6.45, 7) is 2.42. The largest absolute Gasteiger partial charge is 0.378 e. The Morgan fingerprint density at radius 2 is 2.10 bits per heavy atom. The molecule has 2 heterocycles. The van der Waals surface area contributed by atoms with Crippen molar-refractivity contribution >= 4 is 29.3 Å². The summed E-state index contributed by atoms with van der Waals surface area (Å²) in [6.07, 6.45) is 0.271. The molecular weight excluding hydrogens is 288 g/mol. The van der Waals surface area contributed by atoms with E-state index in [1.54, 1.807) is 16.7 Å². The number of carbonyl (C=O) groups excluding carboxylic acids is 2. The number of fused-ring (bicyclic) bond motifs is 1. The molecule has 2 amide bonds. The maximum Gasteiger partial charge on any atom is 0.228 e. The van der Waals surface area contributed by atoms with Crippen LogP contribution in [-0.2, 0) is 14.3 Å². The van der Waals surface area contributed by atoms with Gasteiger partial charge in [-0.25, -0.2) is 0 Å². The van der Waals surface area contributed by atoms with Crippen LogP contribution < -0.4 is 5.32 Å². The molecule has 1 fully saturated rings. The number of morpholine rings is 1. The minimum absolute atomic E-state index is 0.0463. The van der Waals surface area contributed by atoms with Crippen molar-refractivity contribution in [1.29, 1.82) is 0 Å². The Bertz CT molecular complexity index is 543. The lowest BCUT2D eigenvalue weighted by Gasteiger charge is -2.28. The Morgan fingerprint density at radius 3 is 2.90 bits per heavy atom. The zero-order valence-electron chi connectivity index (χ0n) is 11.7. The second kappa shape index (κ2) is 6.49. The van der Waals surface area contributed by atoms with Gasteiger partial charge in [-0.1, -0.05) is 12.1 Å². The molecule has 1 saturated heterocycles. The Kier molecular flexibility index (Phi) is 4.45. The van der Waals surface area contributed by atoms with E-state index in [0.29, 0.717) is 32.1 Å². The maximum absolute atomic E-state index is 12.3. The molecule has 1 aromatic carbocycles. The van der Waals surface area contributed by atoms with Crippen molar-refractivity contribution in [3.05, 3.63) is 24.3 Å². The summed E-state index contributed by atoms with van der Waals surface area (Å²) in [6, 6.07) is 7.74. The van der Waals surface area contributed by atoms with Gasteiger partial charge in [-0.15, -0.1) is 11.8 Å². The number of amides is 2. The minimum Gasteiger partial charge on any atom is -0.378 e. The van der Waals surface area contributed by atoms with Crippen LogP contribution in [0.3, 0.4) is 0 Å². The second-order valence-electron chi connectivity index (χ2n) is 5.19. The Labute approximate surface area is 128 Å². The van der Waals surface area contributed by atoms with Gasteiger partial charge in [-0.3, -0.25) is 9.59 Å². The lowest BCUT2D eigenvalue weighted by molar-refractivity contribution is -0.138. The maximum atomic E-state index is 12.3. The number of ether oxygens (including phenoxy) is 1. The molecule has 0 saturated carbocycles. The molecule has 0 aliphatic carbocycles. The summed E-state index contributed by atoms with van der Waals surface area (Å²) in [7, 11) is 0. The predicted octanol–water partition coefficient (Wildman–Crippen LogP) is 1.60. The van der Waals surface area contributed by atoms with Crippen molar-refractivity contribution in [2.75, 3.05) is 37.4 Å². The van der Waals surface area contributed by atoms with Gasteiger partial charge in [-0.2, -0.15) is 0 Å². The molecule has 2 aliphatic rings. The third-order valence-electron chi connectivity index (χ3n) is 3.74. The molecule has 1 N–H and O–H groups in total. The average Bonchev–Trinajstić information content (AvgIpc) is 2.67. The van der Waals surface area contributed by atoms with E-state index in [1.165, 1.54) is 0 Å². The minimum atomic E-state index is -0.280. The quantitative estimate of drug-likeness (QED) is 0.901. The molecule has 21 heavy (non-hydrogen) atoms. The van der Waals surface area contributed by atoms with Gasteiger partial charge in [0.1, 0.15) is 0 Å². The van der Waals surface area contributed by atoms with Crippen LogP contribution in [0.1, 0.15) is 6.42 Å². The molecular formula is C15H18N2O3S. The van der Waals surface area contributed by atoms with Gasteiger partial charge in [0.25, 0.3) is 0 Å².